The molecule has 6 aromatic rings. The molecular formula is C30H20Cl2CuN8. The summed E-state index contributed by atoms with van der Waals surface area (Å²) >= 11 is 11.8. The molecule has 8 nitrogen and oxygen atoms in total. The second-order valence-electron chi connectivity index (χ2n) is 8.31. The molecule has 6 rings (SSSR count). The molecule has 0 amide bonds. The standard InChI is InChI=1S/2C15H10ClN4.Cu/c2*16-13-6-3-4-11(8-13)9-17-19-15-14-7-2-1-5-12(14)10-18-20-15;/h2*1-10H;/q2*-1;+2/b2*17-9-;. The Bertz CT molecular complexity index is 1810. The van der Waals surface area contributed by atoms with E-state index in [1.54, 1.807) is 24.8 Å². The largest absolute Gasteiger partial charge is 2.00 e. The van der Waals surface area contributed by atoms with Crippen molar-refractivity contribution in [3.63, 3.8) is 0 Å². The Balaban J connectivity index is 0.000000184. The van der Waals surface area contributed by atoms with Gasteiger partial charge in [-0.3, -0.25) is 20.4 Å². The van der Waals surface area contributed by atoms with Gasteiger partial charge in [-0.25, -0.2) is 0 Å². The van der Waals surface area contributed by atoms with Crippen LogP contribution in [0.2, 0.25) is 10.0 Å². The van der Waals surface area contributed by atoms with Gasteiger partial charge in [0.1, 0.15) is 0 Å². The number of fused-ring (bicyclic) bond motifs is 2. The van der Waals surface area contributed by atoms with Crippen molar-refractivity contribution in [1.29, 1.82) is 0 Å². The Morgan fingerprint density at radius 2 is 1.00 bits per heavy atom. The number of hydrogen-bond acceptors (Lipinski definition) is 6. The van der Waals surface area contributed by atoms with E-state index in [2.05, 4.69) is 40.8 Å². The van der Waals surface area contributed by atoms with E-state index in [-0.39, 0.29) is 17.1 Å². The van der Waals surface area contributed by atoms with Crippen molar-refractivity contribution in [1.82, 2.24) is 20.4 Å². The van der Waals surface area contributed by atoms with E-state index < -0.39 is 0 Å². The van der Waals surface area contributed by atoms with E-state index in [1.165, 1.54) is 0 Å². The minimum Gasteiger partial charge on any atom is -0.352 e. The Kier molecular flexibility index (Phi) is 10.7. The van der Waals surface area contributed by atoms with Gasteiger partial charge in [0.05, 0.1) is 0 Å². The number of rotatable bonds is 4. The first-order chi connectivity index (χ1) is 19.7. The molecule has 0 aliphatic heterocycles. The van der Waals surface area contributed by atoms with E-state index in [0.717, 1.165) is 32.7 Å². The topological polar surface area (TPSA) is 103 Å². The fourth-order valence-corrected chi connectivity index (χ4v) is 4.05. The molecule has 4 aromatic carbocycles. The van der Waals surface area contributed by atoms with E-state index >= 15 is 0 Å². The monoisotopic (exact) mass is 625 g/mol. The van der Waals surface area contributed by atoms with Gasteiger partial charge in [0.25, 0.3) is 0 Å². The number of benzene rings is 4. The summed E-state index contributed by atoms with van der Waals surface area (Å²) in [6, 6.07) is 30.4. The summed E-state index contributed by atoms with van der Waals surface area (Å²) in [5.41, 5.74) is 2.77. The minimum absolute atomic E-state index is 0. The van der Waals surface area contributed by atoms with Crippen molar-refractivity contribution < 1.29 is 17.1 Å². The zero-order valence-corrected chi connectivity index (χ0v) is 23.6. The Hall–Kier alpha value is -4.40. The Morgan fingerprint density at radius 3 is 1.44 bits per heavy atom. The Morgan fingerprint density at radius 1 is 0.561 bits per heavy atom. The molecular weight excluding hydrogens is 607 g/mol. The third kappa shape index (κ3) is 8.30. The summed E-state index contributed by atoms with van der Waals surface area (Å²) in [7, 11) is 0. The number of nitrogens with zero attached hydrogens (tertiary/aromatic N) is 8. The maximum Gasteiger partial charge on any atom is 2.00 e. The summed E-state index contributed by atoms with van der Waals surface area (Å²) in [5.74, 6) is 0. The molecule has 0 saturated heterocycles. The van der Waals surface area contributed by atoms with Crippen LogP contribution in [0.5, 0.6) is 0 Å². The quantitative estimate of drug-likeness (QED) is 0.145. The van der Waals surface area contributed by atoms with Crippen LogP contribution in [-0.2, 0) is 17.1 Å². The zero-order chi connectivity index (χ0) is 27.6. The molecule has 0 fully saturated rings. The van der Waals surface area contributed by atoms with Gasteiger partial charge in [-0.05, 0) is 67.9 Å². The van der Waals surface area contributed by atoms with Crippen molar-refractivity contribution >= 4 is 57.2 Å². The van der Waals surface area contributed by atoms with Gasteiger partial charge in [-0.15, -0.1) is 0 Å². The van der Waals surface area contributed by atoms with Gasteiger partial charge in [0.15, 0.2) is 0 Å². The molecule has 0 saturated carbocycles. The Labute approximate surface area is 255 Å². The van der Waals surface area contributed by atoms with Gasteiger partial charge in [0.2, 0.25) is 0 Å². The number of hydrogen-bond donors (Lipinski definition) is 0. The maximum atomic E-state index is 5.90. The first-order valence-electron chi connectivity index (χ1n) is 12.1. The van der Waals surface area contributed by atoms with Crippen molar-refractivity contribution in [2.45, 2.75) is 0 Å². The van der Waals surface area contributed by atoms with Gasteiger partial charge in [0, 0.05) is 34.9 Å². The van der Waals surface area contributed by atoms with E-state index in [1.807, 2.05) is 97.1 Å². The van der Waals surface area contributed by atoms with Crippen molar-refractivity contribution in [2.75, 3.05) is 0 Å². The molecule has 0 spiro atoms. The summed E-state index contributed by atoms with van der Waals surface area (Å²) in [6.07, 6.45) is 6.68. The van der Waals surface area contributed by atoms with Crippen LogP contribution in [-0.4, -0.2) is 22.6 Å². The van der Waals surface area contributed by atoms with Crippen LogP contribution in [0.1, 0.15) is 11.1 Å². The van der Waals surface area contributed by atoms with Gasteiger partial charge in [-0.2, -0.15) is 0 Å². The molecule has 0 bridgehead atoms. The van der Waals surface area contributed by atoms with Crippen LogP contribution in [0.15, 0.2) is 130 Å². The second kappa shape index (κ2) is 14.8. The van der Waals surface area contributed by atoms with Gasteiger partial charge >= 0.3 is 17.1 Å². The molecule has 0 aliphatic carbocycles. The summed E-state index contributed by atoms with van der Waals surface area (Å²) in [4.78, 5) is 0. The van der Waals surface area contributed by atoms with Crippen LogP contribution in [0.3, 0.4) is 0 Å². The molecule has 2 heterocycles. The average Bonchev–Trinajstić information content (AvgIpc) is 2.98. The molecule has 0 aliphatic rings. The number of halogens is 2. The van der Waals surface area contributed by atoms with Crippen LogP contribution in [0, 0.1) is 0 Å². The molecule has 11 heteroatoms. The molecule has 205 valence electrons. The molecule has 0 atom stereocenters. The fourth-order valence-electron chi connectivity index (χ4n) is 3.65. The predicted molar refractivity (Wildman–Crippen MR) is 159 cm³/mol. The van der Waals surface area contributed by atoms with E-state index in [0.29, 0.717) is 21.0 Å². The minimum atomic E-state index is 0. The summed E-state index contributed by atoms with van der Waals surface area (Å²) < 4.78 is 0. The molecule has 0 unspecified atom stereocenters. The average molecular weight is 627 g/mol. The third-order valence-corrected chi connectivity index (χ3v) is 5.99. The van der Waals surface area contributed by atoms with Crippen molar-refractivity contribution in [3.8, 4) is 0 Å². The van der Waals surface area contributed by atoms with Crippen LogP contribution in [0.4, 0.5) is 0 Å². The summed E-state index contributed by atoms with van der Waals surface area (Å²) in [6.45, 7) is 0. The van der Waals surface area contributed by atoms with Crippen LogP contribution >= 0.6 is 23.2 Å². The summed E-state index contributed by atoms with van der Waals surface area (Å²) in [5, 5.41) is 37.3. The fraction of sp³-hybridized carbons (Fsp3) is 0. The first-order valence-corrected chi connectivity index (χ1v) is 12.8. The predicted octanol–water partition coefficient (Wildman–Crippen LogP) is 5.56. The van der Waals surface area contributed by atoms with Crippen LogP contribution in [0.25, 0.3) is 21.5 Å². The molecule has 1 radical (unpaired) electrons. The smallest absolute Gasteiger partial charge is 0.352 e. The van der Waals surface area contributed by atoms with Crippen molar-refractivity contribution in [2.24, 2.45) is 20.4 Å². The zero-order valence-electron chi connectivity index (χ0n) is 21.2. The van der Waals surface area contributed by atoms with E-state index in [4.69, 9.17) is 23.2 Å². The van der Waals surface area contributed by atoms with Gasteiger partial charge < -0.3 is 20.4 Å². The van der Waals surface area contributed by atoms with Crippen LogP contribution < -0.4 is 21.2 Å². The van der Waals surface area contributed by atoms with E-state index in [9.17, 15) is 0 Å². The first kappa shape index (κ1) is 29.6. The molecule has 0 N–H and O–H groups in total. The normalized spacial score (nSPS) is 12.0. The second-order valence-corrected chi connectivity index (χ2v) is 9.18. The molecule has 2 aromatic heterocycles. The maximum absolute atomic E-state index is 5.90. The third-order valence-electron chi connectivity index (χ3n) is 5.52. The van der Waals surface area contributed by atoms with Crippen molar-refractivity contribution in [3.05, 3.63) is 142 Å². The molecule has 41 heavy (non-hydrogen) atoms. The SMILES string of the molecule is Clc1cccc(/C=N\N=c2/[n-]ncc3ccccc23)c1.Clc1cccc(/C=N\N=c2/[n-]ncc3ccccc23)c1.[Cu+2]. The van der Waals surface area contributed by atoms with Gasteiger partial charge in [-0.1, -0.05) is 96.0 Å². The number of aromatic nitrogens is 4.